The lowest BCUT2D eigenvalue weighted by atomic mass is 10.1. The van der Waals surface area contributed by atoms with Crippen LogP contribution in [0.5, 0.6) is 0 Å². The molecule has 0 aliphatic carbocycles. The molecule has 2 fully saturated rings. The molecule has 6 aromatic rings. The first kappa shape index (κ1) is 48.4. The smallest absolute Gasteiger partial charge is 0.258 e. The number of rotatable bonds is 12. The summed E-state index contributed by atoms with van der Waals surface area (Å²) < 4.78 is 5.38. The topological polar surface area (TPSA) is 158 Å². The number of amides is 4. The highest BCUT2D eigenvalue weighted by Gasteiger charge is 2.19. The molecule has 0 saturated carbocycles. The molecule has 66 heavy (non-hydrogen) atoms. The second kappa shape index (κ2) is 23.8. The van der Waals surface area contributed by atoms with Crippen molar-refractivity contribution >= 4 is 105 Å². The highest BCUT2D eigenvalue weighted by atomic mass is 35.5. The monoisotopic (exact) mass is 984 g/mol. The van der Waals surface area contributed by atoms with Crippen molar-refractivity contribution in [2.24, 2.45) is 0 Å². The third-order valence-corrected chi connectivity index (χ3v) is 12.2. The van der Waals surface area contributed by atoms with E-state index in [4.69, 9.17) is 51.1 Å². The minimum Gasteiger partial charge on any atom is -0.379 e. The number of aromatic nitrogens is 2. The average Bonchev–Trinajstić information content (AvgIpc) is 3.33. The molecule has 0 atom stereocenters. The number of carbonyl (C=O) groups is 4. The van der Waals surface area contributed by atoms with Gasteiger partial charge in [-0.05, 0) is 96.1 Å². The quantitative estimate of drug-likeness (QED) is 0.0930. The summed E-state index contributed by atoms with van der Waals surface area (Å²) >= 11 is 25.9. The predicted octanol–water partition coefficient (Wildman–Crippen LogP) is 10.2. The third kappa shape index (κ3) is 14.2. The Balaban J connectivity index is 0.000000196. The van der Waals surface area contributed by atoms with Gasteiger partial charge in [-0.3, -0.25) is 29.0 Å². The SMILES string of the molecule is O=C(Nc1ccc(Cl)cc1C(=O)Nc1ccc(Cl)cn1)c1ccc(CN2CCOCC2)cc1.O=C(Nc1ccc(Cl)cc1C(=O)Nc1ccc(Cl)cn1)c1ccc(CN2CCSCC2)cc1. The van der Waals surface area contributed by atoms with Gasteiger partial charge < -0.3 is 26.0 Å². The number of hydrogen-bond donors (Lipinski definition) is 4. The van der Waals surface area contributed by atoms with E-state index >= 15 is 0 Å². The fourth-order valence-corrected chi connectivity index (χ4v) is 8.39. The molecule has 2 aromatic heterocycles. The van der Waals surface area contributed by atoms with Crippen molar-refractivity contribution in [3.63, 3.8) is 0 Å². The number of morpholine rings is 1. The van der Waals surface area contributed by atoms with Crippen LogP contribution in [0.4, 0.5) is 23.0 Å². The maximum Gasteiger partial charge on any atom is 0.258 e. The standard InChI is InChI=1S/C24H22Cl2N4O3.C24H22Cl2N4O2S/c2*25-18-5-7-21(20(13-18)24(32)29-22-8-6-19(26)14-27-22)28-23(31)17-3-1-16(2-4-17)15-30-9-11-33-12-10-30/h2*1-8,13-14H,9-12,15H2,(H,28,31)(H,27,29,32). The Hall–Kier alpha value is -5.55. The van der Waals surface area contributed by atoms with Gasteiger partial charge in [-0.25, -0.2) is 9.97 Å². The van der Waals surface area contributed by atoms with E-state index in [2.05, 4.69) is 41.0 Å². The highest BCUT2D eigenvalue weighted by molar-refractivity contribution is 7.99. The van der Waals surface area contributed by atoms with Crippen LogP contribution in [0.25, 0.3) is 0 Å². The summed E-state index contributed by atoms with van der Waals surface area (Å²) in [4.78, 5) is 64.2. The maximum atomic E-state index is 12.9. The largest absolute Gasteiger partial charge is 0.379 e. The normalized spacial score (nSPS) is 14.0. The van der Waals surface area contributed by atoms with E-state index in [1.165, 1.54) is 30.1 Å². The van der Waals surface area contributed by atoms with Gasteiger partial charge >= 0.3 is 0 Å². The van der Waals surface area contributed by atoms with Crippen LogP contribution in [-0.2, 0) is 17.8 Å². The lowest BCUT2D eigenvalue weighted by molar-refractivity contribution is 0.0342. The molecular weight excluding hydrogens is 942 g/mol. The van der Waals surface area contributed by atoms with E-state index in [0.29, 0.717) is 54.2 Å². The molecule has 4 aromatic carbocycles. The van der Waals surface area contributed by atoms with Gasteiger partial charge in [-0.1, -0.05) is 70.7 Å². The van der Waals surface area contributed by atoms with Crippen LogP contribution < -0.4 is 21.3 Å². The first-order valence-corrected chi connectivity index (χ1v) is 23.5. The number of benzene rings is 4. The molecule has 0 spiro atoms. The first-order valence-electron chi connectivity index (χ1n) is 20.8. The Morgan fingerprint density at radius 2 is 0.909 bits per heavy atom. The molecule has 4 N–H and O–H groups in total. The number of halogens is 4. The molecule has 0 radical (unpaired) electrons. The molecular formula is C48H44Cl4N8O5S. The number of carbonyl (C=O) groups excluding carboxylic acids is 4. The number of nitrogens with one attached hydrogen (secondary N) is 4. The number of nitrogens with zero attached hydrogens (tertiary/aromatic N) is 4. The minimum absolute atomic E-state index is 0.219. The van der Waals surface area contributed by atoms with Crippen LogP contribution in [0.15, 0.2) is 122 Å². The van der Waals surface area contributed by atoms with Crippen molar-refractivity contribution in [1.82, 2.24) is 19.8 Å². The Morgan fingerprint density at radius 3 is 1.32 bits per heavy atom. The molecule has 18 heteroatoms. The zero-order valence-electron chi connectivity index (χ0n) is 35.4. The average molecular weight is 987 g/mol. The molecule has 2 aliphatic rings. The molecule has 2 saturated heterocycles. The highest BCUT2D eigenvalue weighted by Crippen LogP contribution is 2.25. The molecule has 4 amide bonds. The zero-order chi connectivity index (χ0) is 46.4. The Bertz CT molecular complexity index is 2450. The van der Waals surface area contributed by atoms with Crippen molar-refractivity contribution < 1.29 is 23.9 Å². The number of hydrogen-bond acceptors (Lipinski definition) is 10. The van der Waals surface area contributed by atoms with Crippen LogP contribution in [0, 0.1) is 0 Å². The van der Waals surface area contributed by atoms with Crippen LogP contribution in [0.1, 0.15) is 52.6 Å². The van der Waals surface area contributed by atoms with Gasteiger partial charge in [0.2, 0.25) is 0 Å². The van der Waals surface area contributed by atoms with E-state index in [9.17, 15) is 19.2 Å². The Labute approximate surface area is 406 Å². The Kier molecular flexibility index (Phi) is 17.4. The van der Waals surface area contributed by atoms with Gasteiger partial charge in [0.25, 0.3) is 23.6 Å². The van der Waals surface area contributed by atoms with E-state index < -0.39 is 11.8 Å². The summed E-state index contributed by atoms with van der Waals surface area (Å²) in [5.41, 5.74) is 4.42. The molecule has 2 aliphatic heterocycles. The van der Waals surface area contributed by atoms with Crippen molar-refractivity contribution in [2.45, 2.75) is 13.1 Å². The lowest BCUT2D eigenvalue weighted by Gasteiger charge is -2.26. The van der Waals surface area contributed by atoms with Crippen LogP contribution in [0.2, 0.25) is 20.1 Å². The summed E-state index contributed by atoms with van der Waals surface area (Å²) in [5.74, 6) is 1.45. The number of ether oxygens (including phenoxy) is 1. The molecule has 13 nitrogen and oxygen atoms in total. The van der Waals surface area contributed by atoms with Gasteiger partial charge in [0.05, 0.1) is 45.8 Å². The fraction of sp³-hybridized carbons (Fsp3) is 0.208. The van der Waals surface area contributed by atoms with Crippen LogP contribution in [-0.4, -0.2) is 94.3 Å². The lowest BCUT2D eigenvalue weighted by Crippen LogP contribution is -2.35. The van der Waals surface area contributed by atoms with Gasteiger partial charge in [0.15, 0.2) is 0 Å². The van der Waals surface area contributed by atoms with Crippen LogP contribution >= 0.6 is 58.2 Å². The second-order valence-corrected chi connectivity index (χ2v) is 18.1. The molecule has 0 bridgehead atoms. The van der Waals surface area contributed by atoms with Gasteiger partial charge in [-0.15, -0.1) is 0 Å². The number of anilines is 4. The van der Waals surface area contributed by atoms with E-state index in [-0.39, 0.29) is 22.9 Å². The summed E-state index contributed by atoms with van der Waals surface area (Å²) in [6, 6.07) is 30.8. The van der Waals surface area contributed by atoms with Crippen LogP contribution in [0.3, 0.4) is 0 Å². The minimum atomic E-state index is -0.455. The van der Waals surface area contributed by atoms with E-state index in [0.717, 1.165) is 69.6 Å². The van der Waals surface area contributed by atoms with Gasteiger partial charge in [0.1, 0.15) is 11.6 Å². The molecule has 4 heterocycles. The van der Waals surface area contributed by atoms with Crippen molar-refractivity contribution in [2.75, 3.05) is 72.2 Å². The summed E-state index contributed by atoms with van der Waals surface area (Å²) in [5, 5.41) is 12.7. The van der Waals surface area contributed by atoms with E-state index in [1.807, 2.05) is 36.0 Å². The first-order chi connectivity index (χ1) is 31.9. The van der Waals surface area contributed by atoms with E-state index in [1.54, 1.807) is 72.8 Å². The number of pyridine rings is 2. The van der Waals surface area contributed by atoms with Gasteiger partial charge in [-0.2, -0.15) is 11.8 Å². The Morgan fingerprint density at radius 1 is 0.500 bits per heavy atom. The summed E-state index contributed by atoms with van der Waals surface area (Å²) in [7, 11) is 0. The molecule has 340 valence electrons. The van der Waals surface area contributed by atoms with Crippen molar-refractivity contribution in [1.29, 1.82) is 0 Å². The predicted molar refractivity (Wildman–Crippen MR) is 265 cm³/mol. The summed E-state index contributed by atoms with van der Waals surface area (Å²) in [6.45, 7) is 7.13. The van der Waals surface area contributed by atoms with Gasteiger partial charge in [0, 0.05) is 84.3 Å². The maximum absolute atomic E-state index is 12.9. The summed E-state index contributed by atoms with van der Waals surface area (Å²) in [6.07, 6.45) is 2.87. The fourth-order valence-electron chi connectivity index (χ4n) is 6.84. The second-order valence-electron chi connectivity index (χ2n) is 15.1. The van der Waals surface area contributed by atoms with Crippen molar-refractivity contribution in [3.05, 3.63) is 175 Å². The third-order valence-electron chi connectivity index (χ3n) is 10.3. The molecule has 0 unspecified atom stereocenters. The molecule has 8 rings (SSSR count). The number of thioether (sulfide) groups is 1. The van der Waals surface area contributed by atoms with Crippen molar-refractivity contribution in [3.8, 4) is 0 Å². The zero-order valence-corrected chi connectivity index (χ0v) is 39.2.